The molecule has 1 amide bonds. The van der Waals surface area contributed by atoms with Crippen LogP contribution in [0.1, 0.15) is 40.0 Å². The number of aryl methyl sites for hydroxylation is 2. The van der Waals surface area contributed by atoms with Crippen molar-refractivity contribution in [2.24, 2.45) is 0 Å². The molecular weight excluding hydrogens is 332 g/mol. The Morgan fingerprint density at radius 2 is 1.78 bits per heavy atom. The number of benzene rings is 3. The summed E-state index contributed by atoms with van der Waals surface area (Å²) in [6.07, 6.45) is 4.84. The molecule has 1 aliphatic rings. The van der Waals surface area contributed by atoms with E-state index in [4.69, 9.17) is 0 Å². The number of rotatable bonds is 3. The molecule has 0 spiro atoms. The molecule has 0 saturated heterocycles. The van der Waals surface area contributed by atoms with Gasteiger partial charge in [-0.3, -0.25) is 4.79 Å². The molecule has 0 saturated carbocycles. The highest BCUT2D eigenvalue weighted by Crippen LogP contribution is 2.29. The lowest BCUT2D eigenvalue weighted by atomic mass is 9.95. The molecule has 5 rings (SSSR count). The molecule has 0 fully saturated rings. The highest BCUT2D eigenvalue weighted by atomic mass is 16.1. The quantitative estimate of drug-likeness (QED) is 0.526. The molecular formula is C24H22N2O. The Bertz CT molecular complexity index is 1150. The fourth-order valence-corrected chi connectivity index (χ4v) is 4.26. The highest BCUT2D eigenvalue weighted by Gasteiger charge is 2.16. The Hall–Kier alpha value is -3.07. The molecule has 1 aromatic heterocycles. The number of fused-ring (bicyclic) bond motifs is 4. The summed E-state index contributed by atoms with van der Waals surface area (Å²) in [5, 5.41) is 6.50. The Morgan fingerprint density at radius 3 is 2.74 bits per heavy atom. The van der Waals surface area contributed by atoms with Crippen molar-refractivity contribution < 1.29 is 4.79 Å². The lowest BCUT2D eigenvalue weighted by Crippen LogP contribution is -2.23. The number of carbonyl (C=O) groups is 1. The van der Waals surface area contributed by atoms with Crippen molar-refractivity contribution in [2.75, 3.05) is 0 Å². The van der Waals surface area contributed by atoms with Gasteiger partial charge in [-0.2, -0.15) is 0 Å². The molecule has 3 heteroatoms. The van der Waals surface area contributed by atoms with Crippen molar-refractivity contribution >= 4 is 27.6 Å². The molecule has 1 aliphatic carbocycles. The van der Waals surface area contributed by atoms with Crippen LogP contribution < -0.4 is 5.32 Å². The lowest BCUT2D eigenvalue weighted by molar-refractivity contribution is 0.0952. The van der Waals surface area contributed by atoms with Crippen LogP contribution in [0, 0.1) is 0 Å². The predicted molar refractivity (Wildman–Crippen MR) is 110 cm³/mol. The Morgan fingerprint density at radius 1 is 0.926 bits per heavy atom. The monoisotopic (exact) mass is 354 g/mol. The second kappa shape index (κ2) is 6.58. The fourth-order valence-electron chi connectivity index (χ4n) is 4.26. The minimum absolute atomic E-state index is 0.0250. The van der Waals surface area contributed by atoms with Gasteiger partial charge in [0.05, 0.1) is 0 Å². The van der Waals surface area contributed by atoms with Crippen LogP contribution in [-0.4, -0.2) is 10.9 Å². The second-order valence-electron chi connectivity index (χ2n) is 7.38. The van der Waals surface area contributed by atoms with E-state index in [2.05, 4.69) is 28.5 Å². The van der Waals surface area contributed by atoms with Crippen LogP contribution in [0.4, 0.5) is 0 Å². The maximum atomic E-state index is 12.8. The summed E-state index contributed by atoms with van der Waals surface area (Å²) in [4.78, 5) is 16.3. The van der Waals surface area contributed by atoms with E-state index >= 15 is 0 Å². The highest BCUT2D eigenvalue weighted by molar-refractivity contribution is 6.07. The predicted octanol–water partition coefficient (Wildman–Crippen LogP) is 5.13. The summed E-state index contributed by atoms with van der Waals surface area (Å²) in [6.45, 7) is 0.540. The topological polar surface area (TPSA) is 44.9 Å². The fraction of sp³-hybridized carbons (Fsp3) is 0.208. The van der Waals surface area contributed by atoms with E-state index in [0.717, 1.165) is 34.7 Å². The SMILES string of the molecule is O=C(NCc1ccc2[nH]c3c(c2c1)CCCC3)c1cccc2ccccc12. The number of nitrogens with one attached hydrogen (secondary N) is 2. The third-order valence-corrected chi connectivity index (χ3v) is 5.65. The summed E-state index contributed by atoms with van der Waals surface area (Å²) in [7, 11) is 0. The Balaban J connectivity index is 1.40. The average Bonchev–Trinajstić information content (AvgIpc) is 3.09. The number of aromatic nitrogens is 1. The molecule has 134 valence electrons. The van der Waals surface area contributed by atoms with E-state index in [1.54, 1.807) is 0 Å². The molecule has 27 heavy (non-hydrogen) atoms. The van der Waals surface area contributed by atoms with Gasteiger partial charge in [0.1, 0.15) is 0 Å². The van der Waals surface area contributed by atoms with E-state index in [1.807, 2.05) is 42.5 Å². The molecule has 0 unspecified atom stereocenters. The first kappa shape index (κ1) is 16.1. The summed E-state index contributed by atoms with van der Waals surface area (Å²) in [6, 6.07) is 20.4. The lowest BCUT2D eigenvalue weighted by Gasteiger charge is -2.11. The van der Waals surface area contributed by atoms with Gasteiger partial charge in [-0.15, -0.1) is 0 Å². The molecule has 0 bridgehead atoms. The standard InChI is InChI=1S/C24H22N2O/c27-24(20-10-5-7-17-6-1-2-8-18(17)20)25-15-16-12-13-23-21(14-16)19-9-3-4-11-22(19)26-23/h1-2,5-8,10,12-14,26H,3-4,9,11,15H2,(H,25,27). The van der Waals surface area contributed by atoms with E-state index in [0.29, 0.717) is 6.54 Å². The first-order valence-corrected chi connectivity index (χ1v) is 9.68. The number of H-pyrrole nitrogens is 1. The molecule has 2 N–H and O–H groups in total. The smallest absolute Gasteiger partial charge is 0.252 e. The molecule has 0 radical (unpaired) electrons. The summed E-state index contributed by atoms with van der Waals surface area (Å²) < 4.78 is 0. The molecule has 1 heterocycles. The van der Waals surface area contributed by atoms with Gasteiger partial charge < -0.3 is 10.3 Å². The van der Waals surface area contributed by atoms with Gasteiger partial charge in [-0.1, -0.05) is 42.5 Å². The van der Waals surface area contributed by atoms with Crippen molar-refractivity contribution in [2.45, 2.75) is 32.2 Å². The number of amides is 1. The average molecular weight is 354 g/mol. The van der Waals surface area contributed by atoms with Crippen LogP contribution >= 0.6 is 0 Å². The van der Waals surface area contributed by atoms with Crippen molar-refractivity contribution in [1.29, 1.82) is 0 Å². The van der Waals surface area contributed by atoms with E-state index < -0.39 is 0 Å². The molecule has 4 aromatic rings. The van der Waals surface area contributed by atoms with Gasteiger partial charge in [0.25, 0.3) is 5.91 Å². The van der Waals surface area contributed by atoms with Gasteiger partial charge in [-0.25, -0.2) is 0 Å². The van der Waals surface area contributed by atoms with Crippen LogP contribution in [0.15, 0.2) is 60.7 Å². The molecule has 0 atom stereocenters. The van der Waals surface area contributed by atoms with E-state index in [9.17, 15) is 4.79 Å². The number of hydrogen-bond donors (Lipinski definition) is 2. The minimum Gasteiger partial charge on any atom is -0.358 e. The molecule has 3 nitrogen and oxygen atoms in total. The third kappa shape index (κ3) is 2.89. The normalized spacial score (nSPS) is 13.6. The number of aromatic amines is 1. The Labute approximate surface area is 158 Å². The van der Waals surface area contributed by atoms with Crippen LogP contribution in [0.25, 0.3) is 21.7 Å². The zero-order valence-electron chi connectivity index (χ0n) is 15.2. The molecule has 3 aromatic carbocycles. The largest absolute Gasteiger partial charge is 0.358 e. The summed E-state index contributed by atoms with van der Waals surface area (Å²) in [5.74, 6) is -0.0250. The van der Waals surface area contributed by atoms with Crippen molar-refractivity contribution in [1.82, 2.24) is 10.3 Å². The van der Waals surface area contributed by atoms with Gasteiger partial charge >= 0.3 is 0 Å². The molecule has 0 aliphatic heterocycles. The van der Waals surface area contributed by atoms with Gasteiger partial charge in [0.15, 0.2) is 0 Å². The maximum Gasteiger partial charge on any atom is 0.252 e. The Kier molecular flexibility index (Phi) is 3.93. The van der Waals surface area contributed by atoms with E-state index in [-0.39, 0.29) is 5.91 Å². The van der Waals surface area contributed by atoms with Crippen LogP contribution in [0.3, 0.4) is 0 Å². The van der Waals surface area contributed by atoms with Gasteiger partial charge in [0, 0.05) is 28.7 Å². The minimum atomic E-state index is -0.0250. The van der Waals surface area contributed by atoms with Crippen LogP contribution in [0.2, 0.25) is 0 Å². The second-order valence-corrected chi connectivity index (χ2v) is 7.38. The zero-order chi connectivity index (χ0) is 18.2. The summed E-state index contributed by atoms with van der Waals surface area (Å²) in [5.41, 5.74) is 5.95. The van der Waals surface area contributed by atoms with Crippen molar-refractivity contribution in [3.63, 3.8) is 0 Å². The van der Waals surface area contributed by atoms with Crippen molar-refractivity contribution in [3.05, 3.63) is 83.0 Å². The van der Waals surface area contributed by atoms with E-state index in [1.165, 1.54) is 35.0 Å². The zero-order valence-corrected chi connectivity index (χ0v) is 15.2. The maximum absolute atomic E-state index is 12.8. The van der Waals surface area contributed by atoms with Gasteiger partial charge in [-0.05, 0) is 65.8 Å². The first-order chi connectivity index (χ1) is 13.3. The van der Waals surface area contributed by atoms with Crippen molar-refractivity contribution in [3.8, 4) is 0 Å². The van der Waals surface area contributed by atoms with Crippen LogP contribution in [-0.2, 0) is 19.4 Å². The first-order valence-electron chi connectivity index (χ1n) is 9.68. The van der Waals surface area contributed by atoms with Crippen LogP contribution in [0.5, 0.6) is 0 Å². The number of carbonyl (C=O) groups excluding carboxylic acids is 1. The van der Waals surface area contributed by atoms with Gasteiger partial charge in [0.2, 0.25) is 0 Å². The number of hydrogen-bond acceptors (Lipinski definition) is 1. The third-order valence-electron chi connectivity index (χ3n) is 5.65. The summed E-state index contributed by atoms with van der Waals surface area (Å²) >= 11 is 0.